The number of rotatable bonds is 3. The third kappa shape index (κ3) is 8.47. The molecule has 1 nitrogen and oxygen atoms in total. The molecular formula is C7H16OSn. The Morgan fingerprint density at radius 3 is 1.89 bits per heavy atom. The molecule has 0 rings (SSSR count). The maximum atomic E-state index is 10.5. The van der Waals surface area contributed by atoms with Crippen LogP contribution in [0.15, 0.2) is 0 Å². The van der Waals surface area contributed by atoms with Crippen molar-refractivity contribution in [3.8, 4) is 0 Å². The van der Waals surface area contributed by atoms with Crippen LogP contribution in [0, 0.1) is 0 Å². The second-order valence-electron chi connectivity index (χ2n) is 3.76. The van der Waals surface area contributed by atoms with Gasteiger partial charge in [-0.1, -0.05) is 0 Å². The summed E-state index contributed by atoms with van der Waals surface area (Å²) in [5.41, 5.74) is 0. The van der Waals surface area contributed by atoms with E-state index in [1.807, 2.05) is 0 Å². The first-order valence-corrected chi connectivity index (χ1v) is 14.0. The molecule has 0 heterocycles. The van der Waals surface area contributed by atoms with E-state index >= 15 is 0 Å². The van der Waals surface area contributed by atoms with Crippen molar-refractivity contribution in [3.63, 3.8) is 0 Å². The van der Waals surface area contributed by atoms with Crippen molar-refractivity contribution < 1.29 is 4.79 Å². The van der Waals surface area contributed by atoms with Gasteiger partial charge in [-0.05, 0) is 0 Å². The number of Topliss-reactive ketones (excluding diaryl/α,β-unsaturated/α-hetero) is 1. The van der Waals surface area contributed by atoms with E-state index in [4.69, 9.17) is 0 Å². The van der Waals surface area contributed by atoms with Crippen LogP contribution in [0.2, 0.25) is 19.3 Å². The Bertz CT molecular complexity index is 102. The molecule has 0 aliphatic rings. The van der Waals surface area contributed by atoms with E-state index in [1.165, 1.54) is 4.44 Å². The van der Waals surface area contributed by atoms with Crippen molar-refractivity contribution in [3.05, 3.63) is 0 Å². The average molecular weight is 235 g/mol. The van der Waals surface area contributed by atoms with Crippen LogP contribution < -0.4 is 0 Å². The predicted octanol–water partition coefficient (Wildman–Crippen LogP) is 2.30. The molecule has 0 bridgehead atoms. The Labute approximate surface area is 61.7 Å². The molecule has 0 aliphatic heterocycles. The van der Waals surface area contributed by atoms with E-state index in [0.29, 0.717) is 5.78 Å². The van der Waals surface area contributed by atoms with Gasteiger partial charge in [0, 0.05) is 0 Å². The van der Waals surface area contributed by atoms with Crippen molar-refractivity contribution >= 4 is 24.2 Å². The first kappa shape index (κ1) is 9.47. The third-order valence-corrected chi connectivity index (χ3v) is 6.22. The second-order valence-corrected chi connectivity index (χ2v) is 19.8. The Hall–Kier alpha value is 0.469. The van der Waals surface area contributed by atoms with Gasteiger partial charge in [0.15, 0.2) is 0 Å². The van der Waals surface area contributed by atoms with Crippen molar-refractivity contribution in [2.45, 2.75) is 32.6 Å². The zero-order chi connectivity index (χ0) is 7.49. The van der Waals surface area contributed by atoms with Crippen LogP contribution in [-0.2, 0) is 4.79 Å². The van der Waals surface area contributed by atoms with Crippen LogP contribution in [0.3, 0.4) is 0 Å². The predicted molar refractivity (Wildman–Crippen MR) is 43.5 cm³/mol. The molecule has 9 heavy (non-hydrogen) atoms. The Kier molecular flexibility index (Phi) is 3.78. The van der Waals surface area contributed by atoms with Crippen LogP contribution in [0.5, 0.6) is 0 Å². The molecule has 0 saturated heterocycles. The Morgan fingerprint density at radius 2 is 1.78 bits per heavy atom. The quantitative estimate of drug-likeness (QED) is 0.686. The van der Waals surface area contributed by atoms with Gasteiger partial charge in [0.05, 0.1) is 0 Å². The van der Waals surface area contributed by atoms with Gasteiger partial charge in [-0.15, -0.1) is 0 Å². The molecule has 54 valence electrons. The van der Waals surface area contributed by atoms with Crippen LogP contribution in [0.4, 0.5) is 0 Å². The number of carbonyl (C=O) groups excluding carboxylic acids is 1. The summed E-state index contributed by atoms with van der Waals surface area (Å²) < 4.78 is 1.21. The molecule has 2 heteroatoms. The van der Waals surface area contributed by atoms with E-state index in [0.717, 1.165) is 6.42 Å². The summed E-state index contributed by atoms with van der Waals surface area (Å²) in [6, 6.07) is 0. The van der Waals surface area contributed by atoms with Crippen LogP contribution >= 0.6 is 0 Å². The molecule has 0 fully saturated rings. The van der Waals surface area contributed by atoms with Crippen molar-refractivity contribution in [1.82, 2.24) is 0 Å². The maximum absolute atomic E-state index is 10.5. The molecule has 0 N–H and O–H groups in total. The van der Waals surface area contributed by atoms with Crippen LogP contribution in [-0.4, -0.2) is 24.2 Å². The number of ketones is 1. The number of hydrogen-bond acceptors (Lipinski definition) is 1. The van der Waals surface area contributed by atoms with Gasteiger partial charge >= 0.3 is 61.6 Å². The fraction of sp³-hybridized carbons (Fsp3) is 0.857. The van der Waals surface area contributed by atoms with E-state index in [2.05, 4.69) is 14.8 Å². The summed E-state index contributed by atoms with van der Waals surface area (Å²) in [6.45, 7) is 1.68. The van der Waals surface area contributed by atoms with E-state index in [1.54, 1.807) is 6.92 Å². The van der Waals surface area contributed by atoms with E-state index < -0.39 is 18.4 Å². The van der Waals surface area contributed by atoms with Crippen LogP contribution in [0.25, 0.3) is 0 Å². The monoisotopic (exact) mass is 236 g/mol. The summed E-state index contributed by atoms with van der Waals surface area (Å²) in [7, 11) is 0. The molecule has 0 aromatic heterocycles. The standard InChI is InChI=1S/C4H7O.3CH3.Sn/c1-3-4(2)5;;;;/h1,3H2,2H3;3*1H3;. The van der Waals surface area contributed by atoms with Gasteiger partial charge < -0.3 is 0 Å². The first-order chi connectivity index (χ1) is 3.92. The zero-order valence-electron chi connectivity index (χ0n) is 6.82. The second kappa shape index (κ2) is 3.59. The van der Waals surface area contributed by atoms with Crippen molar-refractivity contribution in [1.29, 1.82) is 0 Å². The summed E-state index contributed by atoms with van der Waals surface area (Å²) in [5.74, 6) is 0.349. The SMILES string of the molecule is CC(=O)C[CH2][Sn]([CH3])([CH3])[CH3]. The summed E-state index contributed by atoms with van der Waals surface area (Å²) in [5, 5.41) is 0. The fourth-order valence-electron chi connectivity index (χ4n) is 0.551. The van der Waals surface area contributed by atoms with Crippen molar-refractivity contribution in [2.75, 3.05) is 0 Å². The van der Waals surface area contributed by atoms with Gasteiger partial charge in [-0.2, -0.15) is 0 Å². The molecular weight excluding hydrogens is 219 g/mol. The minimum absolute atomic E-state index is 0.349. The van der Waals surface area contributed by atoms with Crippen molar-refractivity contribution in [2.24, 2.45) is 0 Å². The van der Waals surface area contributed by atoms with Gasteiger partial charge in [-0.3, -0.25) is 0 Å². The van der Waals surface area contributed by atoms with Gasteiger partial charge in [0.2, 0.25) is 0 Å². The van der Waals surface area contributed by atoms with Crippen LogP contribution in [0.1, 0.15) is 13.3 Å². The summed E-state index contributed by atoms with van der Waals surface area (Å²) >= 11 is -1.58. The fourth-order valence-corrected chi connectivity index (χ4v) is 3.70. The van der Waals surface area contributed by atoms with Gasteiger partial charge in [0.1, 0.15) is 0 Å². The zero-order valence-corrected chi connectivity index (χ0v) is 9.68. The summed E-state index contributed by atoms with van der Waals surface area (Å²) in [4.78, 5) is 17.6. The molecule has 0 aromatic carbocycles. The molecule has 0 saturated carbocycles. The number of carbonyl (C=O) groups is 1. The van der Waals surface area contributed by atoms with Gasteiger partial charge in [-0.25, -0.2) is 0 Å². The normalized spacial score (nSPS) is 11.6. The molecule has 0 atom stereocenters. The minimum atomic E-state index is -1.58. The molecule has 0 radical (unpaired) electrons. The molecule has 0 spiro atoms. The van der Waals surface area contributed by atoms with E-state index in [-0.39, 0.29) is 0 Å². The summed E-state index contributed by atoms with van der Waals surface area (Å²) in [6.07, 6.45) is 0.819. The third-order valence-electron chi connectivity index (χ3n) is 1.23. The molecule has 0 aliphatic carbocycles. The topological polar surface area (TPSA) is 17.1 Å². The molecule has 0 amide bonds. The molecule has 0 aromatic rings. The Morgan fingerprint density at radius 1 is 1.33 bits per heavy atom. The number of hydrogen-bond donors (Lipinski definition) is 0. The average Bonchev–Trinajstić information content (AvgIpc) is 1.59. The first-order valence-electron chi connectivity index (χ1n) is 3.41. The Balaban J connectivity index is 3.39. The molecule has 0 unspecified atom stereocenters. The van der Waals surface area contributed by atoms with Gasteiger partial charge in [0.25, 0.3) is 0 Å². The van der Waals surface area contributed by atoms with E-state index in [9.17, 15) is 4.79 Å².